The fourth-order valence-electron chi connectivity index (χ4n) is 4.02. The number of aryl methyl sites for hydroxylation is 1. The molecule has 0 saturated carbocycles. The summed E-state index contributed by atoms with van der Waals surface area (Å²) >= 11 is 0. The molecule has 4 rings (SSSR count). The maximum absolute atomic E-state index is 13.2. The lowest BCUT2D eigenvalue weighted by atomic mass is 10.0. The lowest BCUT2D eigenvalue weighted by Crippen LogP contribution is -2.43. The number of nitrogens with one attached hydrogen (secondary N) is 1. The predicted molar refractivity (Wildman–Crippen MR) is 127 cm³/mol. The van der Waals surface area contributed by atoms with Crippen molar-refractivity contribution in [3.63, 3.8) is 0 Å². The van der Waals surface area contributed by atoms with Gasteiger partial charge in [-0.1, -0.05) is 54.6 Å². The lowest BCUT2D eigenvalue weighted by molar-refractivity contribution is 0.0660. The third-order valence-electron chi connectivity index (χ3n) is 5.69. The molecule has 5 nitrogen and oxygen atoms in total. The van der Waals surface area contributed by atoms with Crippen LogP contribution in [-0.2, 0) is 11.2 Å². The van der Waals surface area contributed by atoms with Gasteiger partial charge in [-0.05, 0) is 54.7 Å². The molecule has 1 aliphatic heterocycles. The molecule has 1 atom stereocenters. The minimum atomic E-state index is -0.221. The van der Waals surface area contributed by atoms with E-state index < -0.39 is 0 Å². The summed E-state index contributed by atoms with van der Waals surface area (Å²) in [5.41, 5.74) is 3.93. The molecule has 0 radical (unpaired) electrons. The summed E-state index contributed by atoms with van der Waals surface area (Å²) in [5.74, 6) is 0.886. The number of rotatable bonds is 10. The number of carbonyl (C=O) groups is 1. The van der Waals surface area contributed by atoms with Crippen molar-refractivity contribution in [3.8, 4) is 5.75 Å². The maximum atomic E-state index is 13.2. The number of amides is 1. The van der Waals surface area contributed by atoms with E-state index >= 15 is 0 Å². The van der Waals surface area contributed by atoms with Crippen molar-refractivity contribution < 1.29 is 14.3 Å². The molecule has 0 bridgehead atoms. The molecule has 3 aromatic carbocycles. The van der Waals surface area contributed by atoms with Gasteiger partial charge in [0.15, 0.2) is 0 Å². The van der Waals surface area contributed by atoms with Gasteiger partial charge in [-0.2, -0.15) is 0 Å². The molecule has 32 heavy (non-hydrogen) atoms. The first-order valence-corrected chi connectivity index (χ1v) is 11.2. The summed E-state index contributed by atoms with van der Waals surface area (Å²) in [6.45, 7) is 1.91. The fraction of sp³-hybridized carbons (Fsp3) is 0.296. The van der Waals surface area contributed by atoms with Gasteiger partial charge in [0.05, 0.1) is 12.2 Å². The van der Waals surface area contributed by atoms with Gasteiger partial charge in [0.2, 0.25) is 0 Å². The maximum Gasteiger partial charge on any atom is 0.257 e. The summed E-state index contributed by atoms with van der Waals surface area (Å²) in [7, 11) is 1.68. The molecule has 0 aliphatic carbocycles. The molecule has 1 unspecified atom stereocenters. The second-order valence-electron chi connectivity index (χ2n) is 7.94. The average Bonchev–Trinajstić information content (AvgIpc) is 2.84. The smallest absolute Gasteiger partial charge is 0.257 e. The minimum absolute atomic E-state index is 0.0432. The second-order valence-corrected chi connectivity index (χ2v) is 7.94. The standard InChI is InChI=1S/C27H30N2O3/c1-31-19-8-18-29-26(28-25-13-6-5-12-24(25)27(29)30)22-14-16-23(17-15-22)32-20-7-11-21-9-3-2-4-10-21/h2-6,9-10,12-17,26,28H,7-8,11,18-20H2,1H3. The van der Waals surface area contributed by atoms with E-state index in [-0.39, 0.29) is 12.1 Å². The van der Waals surface area contributed by atoms with Crippen molar-refractivity contribution in [3.05, 3.63) is 95.6 Å². The topological polar surface area (TPSA) is 50.8 Å². The van der Waals surface area contributed by atoms with Gasteiger partial charge < -0.3 is 19.7 Å². The van der Waals surface area contributed by atoms with Crippen molar-refractivity contribution >= 4 is 11.6 Å². The third-order valence-corrected chi connectivity index (χ3v) is 5.69. The zero-order chi connectivity index (χ0) is 22.2. The van der Waals surface area contributed by atoms with E-state index in [0.29, 0.717) is 25.3 Å². The number of benzene rings is 3. The average molecular weight is 431 g/mol. The number of methoxy groups -OCH3 is 1. The van der Waals surface area contributed by atoms with Gasteiger partial charge in [0.25, 0.3) is 5.91 Å². The molecule has 0 saturated heterocycles. The van der Waals surface area contributed by atoms with E-state index in [1.807, 2.05) is 59.5 Å². The van der Waals surface area contributed by atoms with Crippen LogP contribution >= 0.6 is 0 Å². The van der Waals surface area contributed by atoms with Crippen LogP contribution in [0.15, 0.2) is 78.9 Å². The van der Waals surface area contributed by atoms with E-state index in [1.54, 1.807) is 7.11 Å². The van der Waals surface area contributed by atoms with Crippen LogP contribution in [0.25, 0.3) is 0 Å². The zero-order valence-corrected chi connectivity index (χ0v) is 18.5. The van der Waals surface area contributed by atoms with Crippen molar-refractivity contribution in [1.82, 2.24) is 4.90 Å². The van der Waals surface area contributed by atoms with Crippen molar-refractivity contribution in [2.75, 3.05) is 32.2 Å². The number of ether oxygens (including phenoxy) is 2. The quantitative estimate of drug-likeness (QED) is 0.444. The molecular formula is C27H30N2O3. The van der Waals surface area contributed by atoms with Crippen LogP contribution in [0.5, 0.6) is 5.75 Å². The van der Waals surface area contributed by atoms with Gasteiger partial charge in [-0.25, -0.2) is 0 Å². The van der Waals surface area contributed by atoms with E-state index in [1.165, 1.54) is 5.56 Å². The van der Waals surface area contributed by atoms with Gasteiger partial charge in [0.1, 0.15) is 11.9 Å². The summed E-state index contributed by atoms with van der Waals surface area (Å²) in [6.07, 6.45) is 2.53. The molecule has 166 valence electrons. The highest BCUT2D eigenvalue weighted by atomic mass is 16.5. The SMILES string of the molecule is COCCCN1C(=O)c2ccccc2NC1c1ccc(OCCCc2ccccc2)cc1. The van der Waals surface area contributed by atoms with E-state index in [0.717, 1.165) is 36.3 Å². The largest absolute Gasteiger partial charge is 0.494 e. The summed E-state index contributed by atoms with van der Waals surface area (Å²) in [6, 6.07) is 26.2. The number of carbonyl (C=O) groups excluding carboxylic acids is 1. The Bertz CT molecular complexity index is 1000. The molecular weight excluding hydrogens is 400 g/mol. The summed E-state index contributed by atoms with van der Waals surface area (Å²) < 4.78 is 11.1. The summed E-state index contributed by atoms with van der Waals surface area (Å²) in [5, 5.41) is 3.53. The van der Waals surface area contributed by atoms with E-state index in [2.05, 4.69) is 29.6 Å². The van der Waals surface area contributed by atoms with Gasteiger partial charge in [-0.3, -0.25) is 4.79 Å². The van der Waals surface area contributed by atoms with Crippen LogP contribution < -0.4 is 10.1 Å². The highest BCUT2D eigenvalue weighted by molar-refractivity contribution is 6.01. The Balaban J connectivity index is 1.41. The normalized spacial score (nSPS) is 15.2. The van der Waals surface area contributed by atoms with Crippen LogP contribution in [0.1, 0.15) is 40.5 Å². The fourth-order valence-corrected chi connectivity index (χ4v) is 4.02. The van der Waals surface area contributed by atoms with Gasteiger partial charge >= 0.3 is 0 Å². The third kappa shape index (κ3) is 5.29. The van der Waals surface area contributed by atoms with E-state index in [9.17, 15) is 4.79 Å². The second kappa shape index (κ2) is 10.8. The molecule has 3 aromatic rings. The summed E-state index contributed by atoms with van der Waals surface area (Å²) in [4.78, 5) is 15.1. The molecule has 1 amide bonds. The van der Waals surface area contributed by atoms with Crippen LogP contribution in [0.2, 0.25) is 0 Å². The molecule has 0 spiro atoms. The Morgan fingerprint density at radius 1 is 0.875 bits per heavy atom. The Kier molecular flexibility index (Phi) is 7.41. The first kappa shape index (κ1) is 21.9. The number of fused-ring (bicyclic) bond motifs is 1. The molecule has 5 heteroatoms. The van der Waals surface area contributed by atoms with Crippen molar-refractivity contribution in [1.29, 1.82) is 0 Å². The number of nitrogens with zero attached hydrogens (tertiary/aromatic N) is 1. The van der Waals surface area contributed by atoms with E-state index in [4.69, 9.17) is 9.47 Å². The van der Waals surface area contributed by atoms with Crippen LogP contribution in [0, 0.1) is 0 Å². The molecule has 1 heterocycles. The van der Waals surface area contributed by atoms with Gasteiger partial charge in [0, 0.05) is 25.9 Å². The first-order valence-electron chi connectivity index (χ1n) is 11.2. The lowest BCUT2D eigenvalue weighted by Gasteiger charge is -2.38. The Morgan fingerprint density at radius 2 is 1.62 bits per heavy atom. The molecule has 0 fully saturated rings. The highest BCUT2D eigenvalue weighted by Crippen LogP contribution is 2.33. The van der Waals surface area contributed by atoms with Crippen molar-refractivity contribution in [2.45, 2.75) is 25.4 Å². The van der Waals surface area contributed by atoms with Crippen molar-refractivity contribution in [2.24, 2.45) is 0 Å². The van der Waals surface area contributed by atoms with Gasteiger partial charge in [-0.15, -0.1) is 0 Å². The Hall–Kier alpha value is -3.31. The molecule has 1 aliphatic rings. The molecule has 0 aromatic heterocycles. The number of hydrogen-bond donors (Lipinski definition) is 1. The number of hydrogen-bond acceptors (Lipinski definition) is 4. The number of anilines is 1. The van der Waals surface area contributed by atoms with Crippen LogP contribution in [0.3, 0.4) is 0 Å². The highest BCUT2D eigenvalue weighted by Gasteiger charge is 2.32. The Labute approximate surface area is 190 Å². The predicted octanol–water partition coefficient (Wildman–Crippen LogP) is 5.30. The Morgan fingerprint density at radius 3 is 2.41 bits per heavy atom. The van der Waals surface area contributed by atoms with Crippen LogP contribution in [0.4, 0.5) is 5.69 Å². The first-order chi connectivity index (χ1) is 15.8. The minimum Gasteiger partial charge on any atom is -0.494 e. The van der Waals surface area contributed by atoms with Crippen LogP contribution in [-0.4, -0.2) is 37.7 Å². The molecule has 1 N–H and O–H groups in total. The monoisotopic (exact) mass is 430 g/mol. The number of para-hydroxylation sites is 1. The zero-order valence-electron chi connectivity index (χ0n) is 18.5.